The van der Waals surface area contributed by atoms with Crippen molar-refractivity contribution < 1.29 is 9.90 Å². The Balaban J connectivity index is 2.03. The Labute approximate surface area is 113 Å². The van der Waals surface area contributed by atoms with E-state index in [1.807, 2.05) is 24.0 Å². The number of nitrogens with zero attached hydrogens (tertiary/aromatic N) is 2. The summed E-state index contributed by atoms with van der Waals surface area (Å²) in [4.78, 5) is 16.5. The minimum absolute atomic E-state index is 0.0495. The van der Waals surface area contributed by atoms with Crippen LogP contribution in [-0.4, -0.2) is 60.1 Å². The highest BCUT2D eigenvalue weighted by Gasteiger charge is 2.22. The zero-order chi connectivity index (χ0) is 13.8. The summed E-state index contributed by atoms with van der Waals surface area (Å²) in [5.41, 5.74) is 8.01. The molecule has 5 heteroatoms. The Morgan fingerprint density at radius 2 is 2.00 bits per heavy atom. The van der Waals surface area contributed by atoms with Crippen LogP contribution in [-0.2, 0) is 0 Å². The molecule has 1 amide bonds. The lowest BCUT2D eigenvalue weighted by Gasteiger charge is -2.34. The number of amides is 1. The quantitative estimate of drug-likeness (QED) is 0.771. The lowest BCUT2D eigenvalue weighted by molar-refractivity contribution is 0.0614. The summed E-state index contributed by atoms with van der Waals surface area (Å²) in [6, 6.07) is 5.44. The van der Waals surface area contributed by atoms with Crippen LogP contribution in [0, 0.1) is 6.92 Å². The van der Waals surface area contributed by atoms with E-state index in [1.54, 1.807) is 6.07 Å². The molecule has 0 aliphatic carbocycles. The predicted molar refractivity (Wildman–Crippen MR) is 75.0 cm³/mol. The van der Waals surface area contributed by atoms with Crippen molar-refractivity contribution in [2.45, 2.75) is 6.92 Å². The van der Waals surface area contributed by atoms with Gasteiger partial charge in [0.1, 0.15) is 0 Å². The van der Waals surface area contributed by atoms with Crippen molar-refractivity contribution >= 4 is 11.6 Å². The van der Waals surface area contributed by atoms with Gasteiger partial charge in [-0.2, -0.15) is 0 Å². The number of aliphatic hydroxyl groups excluding tert-OH is 1. The van der Waals surface area contributed by atoms with Crippen molar-refractivity contribution in [2.75, 3.05) is 45.1 Å². The van der Waals surface area contributed by atoms with Crippen molar-refractivity contribution in [3.05, 3.63) is 29.3 Å². The van der Waals surface area contributed by atoms with Gasteiger partial charge in [0.25, 0.3) is 5.91 Å². The summed E-state index contributed by atoms with van der Waals surface area (Å²) >= 11 is 0. The van der Waals surface area contributed by atoms with E-state index in [-0.39, 0.29) is 12.5 Å². The van der Waals surface area contributed by atoms with Gasteiger partial charge >= 0.3 is 0 Å². The molecule has 0 aromatic heterocycles. The van der Waals surface area contributed by atoms with Crippen LogP contribution >= 0.6 is 0 Å². The SMILES string of the molecule is Cc1ccc(N)cc1C(=O)N1CCN(CCO)CC1. The summed E-state index contributed by atoms with van der Waals surface area (Å²) < 4.78 is 0. The van der Waals surface area contributed by atoms with Gasteiger partial charge in [0, 0.05) is 44.0 Å². The van der Waals surface area contributed by atoms with E-state index in [2.05, 4.69) is 4.90 Å². The minimum atomic E-state index is 0.0495. The van der Waals surface area contributed by atoms with Crippen molar-refractivity contribution in [3.8, 4) is 0 Å². The molecular formula is C14H21N3O2. The lowest BCUT2D eigenvalue weighted by atomic mass is 10.1. The second-order valence-electron chi connectivity index (χ2n) is 4.93. The highest BCUT2D eigenvalue weighted by molar-refractivity contribution is 5.96. The van der Waals surface area contributed by atoms with E-state index >= 15 is 0 Å². The van der Waals surface area contributed by atoms with E-state index < -0.39 is 0 Å². The van der Waals surface area contributed by atoms with Crippen molar-refractivity contribution in [1.29, 1.82) is 0 Å². The molecule has 5 nitrogen and oxygen atoms in total. The fourth-order valence-electron chi connectivity index (χ4n) is 2.36. The van der Waals surface area contributed by atoms with Crippen LogP contribution in [0.5, 0.6) is 0 Å². The number of hydrogen-bond acceptors (Lipinski definition) is 4. The molecule has 0 atom stereocenters. The first-order chi connectivity index (χ1) is 9.11. The number of rotatable bonds is 3. The summed E-state index contributed by atoms with van der Waals surface area (Å²) in [6.45, 7) is 5.80. The number of anilines is 1. The average molecular weight is 263 g/mol. The number of carbonyl (C=O) groups excluding carboxylic acids is 1. The maximum Gasteiger partial charge on any atom is 0.254 e. The highest BCUT2D eigenvalue weighted by atomic mass is 16.3. The van der Waals surface area contributed by atoms with E-state index in [9.17, 15) is 4.79 Å². The Hall–Kier alpha value is -1.59. The first-order valence-electron chi connectivity index (χ1n) is 6.60. The fourth-order valence-corrected chi connectivity index (χ4v) is 2.36. The van der Waals surface area contributed by atoms with E-state index in [1.165, 1.54) is 0 Å². The Morgan fingerprint density at radius 1 is 1.32 bits per heavy atom. The summed E-state index contributed by atoms with van der Waals surface area (Å²) in [6.07, 6.45) is 0. The molecule has 1 saturated heterocycles. The van der Waals surface area contributed by atoms with Crippen molar-refractivity contribution in [2.24, 2.45) is 0 Å². The van der Waals surface area contributed by atoms with Gasteiger partial charge in [-0.3, -0.25) is 9.69 Å². The molecule has 0 saturated carbocycles. The molecule has 0 spiro atoms. The fraction of sp³-hybridized carbons (Fsp3) is 0.500. The molecule has 1 aliphatic rings. The van der Waals surface area contributed by atoms with Gasteiger partial charge in [0.2, 0.25) is 0 Å². The number of nitrogens with two attached hydrogens (primary N) is 1. The molecule has 1 aromatic carbocycles. The number of carbonyl (C=O) groups is 1. The Morgan fingerprint density at radius 3 is 2.63 bits per heavy atom. The third-order valence-electron chi connectivity index (χ3n) is 3.57. The molecule has 1 heterocycles. The maximum absolute atomic E-state index is 12.4. The van der Waals surface area contributed by atoms with E-state index in [0.29, 0.717) is 30.9 Å². The van der Waals surface area contributed by atoms with Crippen molar-refractivity contribution in [1.82, 2.24) is 9.80 Å². The van der Waals surface area contributed by atoms with Crippen LogP contribution in [0.3, 0.4) is 0 Å². The normalized spacial score (nSPS) is 16.6. The van der Waals surface area contributed by atoms with Gasteiger partial charge < -0.3 is 15.7 Å². The number of piperazine rings is 1. The number of β-amino-alcohol motifs (C(OH)–C–C–N with tert-alkyl or cyclic N) is 1. The third-order valence-corrected chi connectivity index (χ3v) is 3.57. The number of aliphatic hydroxyl groups is 1. The molecular weight excluding hydrogens is 242 g/mol. The van der Waals surface area contributed by atoms with Crippen LogP contribution in [0.2, 0.25) is 0 Å². The van der Waals surface area contributed by atoms with Gasteiger partial charge in [0.05, 0.1) is 6.61 Å². The van der Waals surface area contributed by atoms with Crippen LogP contribution in [0.25, 0.3) is 0 Å². The third kappa shape index (κ3) is 3.24. The second-order valence-corrected chi connectivity index (χ2v) is 4.93. The smallest absolute Gasteiger partial charge is 0.254 e. The molecule has 0 radical (unpaired) electrons. The molecule has 1 fully saturated rings. The standard InChI is InChI=1S/C14H21N3O2/c1-11-2-3-12(15)10-13(11)14(19)17-6-4-16(5-7-17)8-9-18/h2-3,10,18H,4-9,15H2,1H3. The molecule has 19 heavy (non-hydrogen) atoms. The van der Waals surface area contributed by atoms with Crippen LogP contribution in [0.1, 0.15) is 15.9 Å². The minimum Gasteiger partial charge on any atom is -0.399 e. The van der Waals surface area contributed by atoms with Gasteiger partial charge in [-0.15, -0.1) is 0 Å². The molecule has 2 rings (SSSR count). The zero-order valence-electron chi connectivity index (χ0n) is 11.3. The van der Waals surface area contributed by atoms with Crippen LogP contribution in [0.15, 0.2) is 18.2 Å². The molecule has 0 bridgehead atoms. The molecule has 3 N–H and O–H groups in total. The summed E-state index contributed by atoms with van der Waals surface area (Å²) in [5, 5.41) is 8.90. The first kappa shape index (κ1) is 13.8. The van der Waals surface area contributed by atoms with Gasteiger partial charge in [-0.1, -0.05) is 6.07 Å². The van der Waals surface area contributed by atoms with E-state index in [4.69, 9.17) is 10.8 Å². The lowest BCUT2D eigenvalue weighted by Crippen LogP contribution is -2.49. The van der Waals surface area contributed by atoms with E-state index in [0.717, 1.165) is 18.7 Å². The number of hydrogen-bond donors (Lipinski definition) is 2. The zero-order valence-corrected chi connectivity index (χ0v) is 11.3. The number of benzene rings is 1. The van der Waals surface area contributed by atoms with Crippen molar-refractivity contribution in [3.63, 3.8) is 0 Å². The number of aryl methyl sites for hydroxylation is 1. The second kappa shape index (κ2) is 6.04. The highest BCUT2D eigenvalue weighted by Crippen LogP contribution is 2.16. The van der Waals surface area contributed by atoms with Crippen LogP contribution in [0.4, 0.5) is 5.69 Å². The monoisotopic (exact) mass is 263 g/mol. The topological polar surface area (TPSA) is 69.8 Å². The predicted octanol–water partition coefficient (Wildman–Crippen LogP) is 0.327. The average Bonchev–Trinajstić information content (AvgIpc) is 2.42. The number of nitrogen functional groups attached to an aromatic ring is 1. The largest absolute Gasteiger partial charge is 0.399 e. The first-order valence-corrected chi connectivity index (χ1v) is 6.60. The van der Waals surface area contributed by atoms with Gasteiger partial charge in [-0.05, 0) is 24.6 Å². The Kier molecular flexibility index (Phi) is 4.39. The summed E-state index contributed by atoms with van der Waals surface area (Å²) in [7, 11) is 0. The van der Waals surface area contributed by atoms with Gasteiger partial charge in [-0.25, -0.2) is 0 Å². The molecule has 104 valence electrons. The Bertz CT molecular complexity index is 454. The van der Waals surface area contributed by atoms with Crippen LogP contribution < -0.4 is 5.73 Å². The maximum atomic E-state index is 12.4. The summed E-state index contributed by atoms with van der Waals surface area (Å²) in [5.74, 6) is 0.0495. The molecule has 1 aliphatic heterocycles. The van der Waals surface area contributed by atoms with Gasteiger partial charge in [0.15, 0.2) is 0 Å². The molecule has 1 aromatic rings. The molecule has 0 unspecified atom stereocenters.